The number of carboxylic acid groups (broad SMARTS) is 1. The number of benzene rings is 1. The van der Waals surface area contributed by atoms with E-state index in [0.29, 0.717) is 18.0 Å². The van der Waals surface area contributed by atoms with Gasteiger partial charge in [-0.25, -0.2) is 13.4 Å². The fourth-order valence-corrected chi connectivity index (χ4v) is 8.20. The molecule has 5 heterocycles. The summed E-state index contributed by atoms with van der Waals surface area (Å²) < 4.78 is 31.5. The molecule has 0 aliphatic carbocycles. The zero-order valence-electron chi connectivity index (χ0n) is 23.7. The van der Waals surface area contributed by atoms with Gasteiger partial charge >= 0.3 is 5.97 Å². The van der Waals surface area contributed by atoms with E-state index in [-0.39, 0.29) is 38.3 Å². The van der Waals surface area contributed by atoms with Gasteiger partial charge in [0, 0.05) is 37.9 Å². The normalized spacial score (nSPS) is 20.0. The van der Waals surface area contributed by atoms with Crippen molar-refractivity contribution >= 4 is 27.5 Å². The lowest BCUT2D eigenvalue weighted by Crippen LogP contribution is -2.49. The highest BCUT2D eigenvalue weighted by Gasteiger charge is 2.47. The Morgan fingerprint density at radius 1 is 1.12 bits per heavy atom. The number of carboxylic acids is 1. The monoisotopic (exact) mass is 606 g/mol. The Kier molecular flexibility index (Phi) is 8.72. The van der Waals surface area contributed by atoms with Crippen molar-refractivity contribution in [3.8, 4) is 0 Å². The molecule has 0 unspecified atom stereocenters. The quantitative estimate of drug-likeness (QED) is 0.306. The highest BCUT2D eigenvalue weighted by atomic mass is 32.2. The highest BCUT2D eigenvalue weighted by molar-refractivity contribution is 7.89. The minimum atomic E-state index is -3.83. The van der Waals surface area contributed by atoms with E-state index in [2.05, 4.69) is 27.0 Å². The van der Waals surface area contributed by atoms with E-state index in [1.54, 1.807) is 22.6 Å². The second-order valence-electron chi connectivity index (χ2n) is 11.5. The summed E-state index contributed by atoms with van der Waals surface area (Å²) in [6.45, 7) is 9.18. The summed E-state index contributed by atoms with van der Waals surface area (Å²) in [5, 5.41) is 18.4. The number of fused-ring (bicyclic) bond motifs is 4. The summed E-state index contributed by atoms with van der Waals surface area (Å²) in [6, 6.07) is 11.1. The van der Waals surface area contributed by atoms with Crippen LogP contribution in [-0.2, 0) is 21.4 Å². The molecule has 11 heteroatoms. The minimum absolute atomic E-state index is 0. The molecule has 0 spiro atoms. The summed E-state index contributed by atoms with van der Waals surface area (Å²) in [5.74, 6) is -0.0755. The molecule has 6 rings (SSSR count). The van der Waals surface area contributed by atoms with Crippen molar-refractivity contribution in [2.45, 2.75) is 84.7 Å². The van der Waals surface area contributed by atoms with E-state index in [9.17, 15) is 18.3 Å². The third-order valence-corrected chi connectivity index (χ3v) is 10.6. The summed E-state index contributed by atoms with van der Waals surface area (Å²) in [4.78, 5) is 18.9. The molecule has 4 aromatic rings. The molecular weight excluding hydrogens is 564 g/mol. The average Bonchev–Trinajstić information content (AvgIpc) is 3.49. The van der Waals surface area contributed by atoms with Crippen molar-refractivity contribution in [3.05, 3.63) is 82.4 Å². The Hall–Kier alpha value is -3.83. The van der Waals surface area contributed by atoms with Crippen molar-refractivity contribution in [2.75, 3.05) is 18.0 Å². The molecule has 3 aromatic heterocycles. The molecule has 2 aliphatic heterocycles. The molecule has 0 radical (unpaired) electrons. The molecule has 1 aromatic carbocycles. The van der Waals surface area contributed by atoms with E-state index >= 15 is 0 Å². The lowest BCUT2D eigenvalue weighted by molar-refractivity contribution is -0.137. The molecule has 1 saturated heterocycles. The third-order valence-electron chi connectivity index (χ3n) is 8.80. The number of rotatable bonds is 6. The molecule has 2 aliphatic rings. The summed E-state index contributed by atoms with van der Waals surface area (Å²) in [7, 11) is -3.83. The minimum Gasteiger partial charge on any atom is -0.481 e. The first kappa shape index (κ1) is 32.1. The van der Waals surface area contributed by atoms with E-state index < -0.39 is 21.9 Å². The van der Waals surface area contributed by atoms with Gasteiger partial charge in [-0.1, -0.05) is 33.1 Å². The number of sulfonamides is 1. The number of hydrogen-bond acceptors (Lipinski definition) is 7. The predicted molar refractivity (Wildman–Crippen MR) is 168 cm³/mol. The number of anilines is 1. The highest BCUT2D eigenvalue weighted by Crippen LogP contribution is 2.42. The van der Waals surface area contributed by atoms with Crippen molar-refractivity contribution in [1.82, 2.24) is 23.9 Å². The number of nitrogens with zero attached hydrogens (tertiary/aromatic N) is 6. The maximum Gasteiger partial charge on any atom is 0.304 e. The van der Waals surface area contributed by atoms with Gasteiger partial charge in [0.25, 0.3) is 0 Å². The van der Waals surface area contributed by atoms with Crippen LogP contribution in [-0.4, -0.2) is 62.0 Å². The second-order valence-corrected chi connectivity index (χ2v) is 13.4. The largest absolute Gasteiger partial charge is 0.481 e. The fraction of sp³-hybridized carbons (Fsp3) is 0.438. The maximum absolute atomic E-state index is 14.0. The lowest BCUT2D eigenvalue weighted by Gasteiger charge is -2.36. The number of aryl methyl sites for hydroxylation is 3. The average molecular weight is 607 g/mol. The molecule has 10 nitrogen and oxygen atoms in total. The molecule has 0 saturated carbocycles. The van der Waals surface area contributed by atoms with Gasteiger partial charge in [0.2, 0.25) is 10.0 Å². The van der Waals surface area contributed by atoms with Gasteiger partial charge in [0.1, 0.15) is 16.5 Å². The number of aromatic nitrogens is 4. The first-order valence-corrected chi connectivity index (χ1v) is 15.3. The van der Waals surface area contributed by atoms with Gasteiger partial charge in [-0.2, -0.15) is 4.31 Å². The zero-order chi connectivity index (χ0) is 29.1. The van der Waals surface area contributed by atoms with E-state index in [4.69, 9.17) is 0 Å². The van der Waals surface area contributed by atoms with Crippen LogP contribution in [0.5, 0.6) is 0 Å². The van der Waals surface area contributed by atoms with Crippen LogP contribution in [0.25, 0.3) is 5.65 Å². The van der Waals surface area contributed by atoms with Gasteiger partial charge in [-0.15, -0.1) is 10.2 Å². The molecule has 2 atom stereocenters. The Labute approximate surface area is 254 Å². The van der Waals surface area contributed by atoms with Gasteiger partial charge in [0.05, 0.1) is 12.0 Å². The third kappa shape index (κ3) is 5.40. The van der Waals surface area contributed by atoms with Crippen LogP contribution in [0.15, 0.2) is 53.7 Å². The first-order valence-electron chi connectivity index (χ1n) is 13.8. The first-order chi connectivity index (χ1) is 19.5. The van der Waals surface area contributed by atoms with Gasteiger partial charge < -0.3 is 10.0 Å². The van der Waals surface area contributed by atoms with Crippen LogP contribution >= 0.6 is 0 Å². The van der Waals surface area contributed by atoms with Gasteiger partial charge in [-0.05, 0) is 86.6 Å². The predicted octanol–water partition coefficient (Wildman–Crippen LogP) is 5.49. The van der Waals surface area contributed by atoms with Crippen LogP contribution in [0, 0.1) is 20.8 Å². The van der Waals surface area contributed by atoms with E-state index in [1.165, 1.54) is 0 Å². The number of carbonyl (C=O) groups is 1. The summed E-state index contributed by atoms with van der Waals surface area (Å²) in [6.07, 6.45) is 5.26. The molecular formula is C32H42N6O4S. The molecule has 230 valence electrons. The molecule has 1 fully saturated rings. The maximum atomic E-state index is 14.0. The Balaban J connectivity index is 0.00000212. The standard InChI is InChI=1S/C30H34N6O4S.2CH4/c1-19-8-9-22(25(16-27(37)38)24-10-14-35-21(3)32-33-28(35)20(24)2)15-23(19)17-34-18-30(4)11-6-13-36(30)29-26(41(34,39)40)7-5-12-31-29;;/h5,7-10,12,14-15,25H,6,11,13,16-18H2,1-4H3,(H,37,38);2*1H4/t25-,30+;;/m1../s1. The van der Waals surface area contributed by atoms with Crippen molar-refractivity contribution < 1.29 is 18.3 Å². The smallest absolute Gasteiger partial charge is 0.304 e. The second kappa shape index (κ2) is 11.7. The zero-order valence-corrected chi connectivity index (χ0v) is 24.5. The van der Waals surface area contributed by atoms with E-state index in [0.717, 1.165) is 53.0 Å². The van der Waals surface area contributed by atoms with Gasteiger partial charge in [0.15, 0.2) is 5.65 Å². The molecule has 1 N–H and O–H groups in total. The Bertz CT molecular complexity index is 1790. The van der Waals surface area contributed by atoms with Crippen LogP contribution < -0.4 is 4.90 Å². The molecule has 43 heavy (non-hydrogen) atoms. The number of pyridine rings is 2. The van der Waals surface area contributed by atoms with Crippen molar-refractivity contribution in [3.63, 3.8) is 0 Å². The summed E-state index contributed by atoms with van der Waals surface area (Å²) >= 11 is 0. The Morgan fingerprint density at radius 3 is 2.63 bits per heavy atom. The molecule has 0 amide bonds. The van der Waals surface area contributed by atoms with Crippen LogP contribution in [0.4, 0.5) is 5.82 Å². The molecule has 0 bridgehead atoms. The van der Waals surface area contributed by atoms with Crippen LogP contribution in [0.3, 0.4) is 0 Å². The van der Waals surface area contributed by atoms with Gasteiger partial charge in [-0.3, -0.25) is 9.20 Å². The lowest BCUT2D eigenvalue weighted by atomic mass is 9.85. The topological polar surface area (TPSA) is 121 Å². The van der Waals surface area contributed by atoms with Crippen molar-refractivity contribution in [2.24, 2.45) is 0 Å². The summed E-state index contributed by atoms with van der Waals surface area (Å²) in [5.41, 5.74) is 4.67. The van der Waals surface area contributed by atoms with Crippen LogP contribution in [0.2, 0.25) is 0 Å². The van der Waals surface area contributed by atoms with Crippen LogP contribution in [0.1, 0.15) is 80.6 Å². The number of aliphatic carboxylic acids is 1. The fourth-order valence-electron chi connectivity index (χ4n) is 6.52. The number of hydrogen-bond donors (Lipinski definition) is 1. The SMILES string of the molecule is C.C.Cc1ccc([C@@H](CC(=O)O)c2ccn3c(C)nnc3c2C)cc1CN1C[C@]2(C)CCCN2c2ncccc2S1(=O)=O. The Morgan fingerprint density at radius 2 is 1.88 bits per heavy atom. The van der Waals surface area contributed by atoms with Crippen molar-refractivity contribution in [1.29, 1.82) is 0 Å². The van der Waals surface area contributed by atoms with E-state index in [1.807, 2.05) is 55.6 Å².